The van der Waals surface area contributed by atoms with Crippen molar-refractivity contribution in [2.24, 2.45) is 4.99 Å². The summed E-state index contributed by atoms with van der Waals surface area (Å²) in [6.45, 7) is 2.10. The highest BCUT2D eigenvalue weighted by atomic mass is 32.1. The fourth-order valence-corrected chi connectivity index (χ4v) is 2.23. The molecule has 0 heterocycles. The Hall–Kier alpha value is -1.76. The molecule has 1 unspecified atom stereocenters. The number of carbonyl (C=O) groups excluding carboxylic acids is 1. The van der Waals surface area contributed by atoms with Crippen LogP contribution in [0.5, 0.6) is 0 Å². The maximum Gasteiger partial charge on any atom is 0.416 e. The summed E-state index contributed by atoms with van der Waals surface area (Å²) < 4.78 is 38.4. The van der Waals surface area contributed by atoms with Crippen molar-refractivity contribution in [2.75, 3.05) is 19.7 Å². The van der Waals surface area contributed by atoms with Crippen LogP contribution in [0.15, 0.2) is 29.3 Å². The Balaban J connectivity index is 3.03. The summed E-state index contributed by atoms with van der Waals surface area (Å²) in [5.41, 5.74) is -0.569. The normalized spacial score (nSPS) is 12.4. The van der Waals surface area contributed by atoms with Gasteiger partial charge in [0.2, 0.25) is 5.91 Å². The van der Waals surface area contributed by atoms with Crippen molar-refractivity contribution in [3.8, 4) is 0 Å². The number of isothiocyanates is 1. The number of benzene rings is 1. The molecule has 0 spiro atoms. The molecule has 0 saturated heterocycles. The number of hydrogen-bond acceptors (Lipinski definition) is 4. The van der Waals surface area contributed by atoms with Crippen LogP contribution in [-0.4, -0.2) is 40.8 Å². The quantitative estimate of drug-likeness (QED) is 0.610. The number of carbonyl (C=O) groups is 1. The minimum atomic E-state index is -4.47. The molecular formula is C15H17F3N2O2S. The lowest BCUT2D eigenvalue weighted by molar-refractivity contribution is -0.137. The van der Waals surface area contributed by atoms with E-state index in [1.54, 1.807) is 6.92 Å². The molecule has 0 saturated carbocycles. The van der Waals surface area contributed by atoms with Crippen LogP contribution in [0.4, 0.5) is 13.2 Å². The number of thiocarbonyl (C=S) groups is 1. The van der Waals surface area contributed by atoms with Gasteiger partial charge in [-0.1, -0.05) is 12.1 Å². The summed E-state index contributed by atoms with van der Waals surface area (Å²) in [5, 5.41) is 11.1. The second kappa shape index (κ2) is 8.76. The summed E-state index contributed by atoms with van der Waals surface area (Å²) in [6.07, 6.45) is -4.61. The Kier molecular flexibility index (Phi) is 7.35. The van der Waals surface area contributed by atoms with Crippen LogP contribution in [0.25, 0.3) is 0 Å². The Morgan fingerprint density at radius 3 is 2.70 bits per heavy atom. The molecule has 0 aromatic heterocycles. The van der Waals surface area contributed by atoms with Gasteiger partial charge in [0.05, 0.1) is 29.8 Å². The molecule has 0 radical (unpaired) electrons. The zero-order valence-corrected chi connectivity index (χ0v) is 13.3. The van der Waals surface area contributed by atoms with Gasteiger partial charge in [-0.15, -0.1) is 0 Å². The van der Waals surface area contributed by atoms with E-state index in [-0.39, 0.29) is 31.0 Å². The summed E-state index contributed by atoms with van der Waals surface area (Å²) >= 11 is 4.53. The molecule has 1 aromatic carbocycles. The Morgan fingerprint density at radius 2 is 2.17 bits per heavy atom. The van der Waals surface area contributed by atoms with Crippen molar-refractivity contribution in [2.45, 2.75) is 25.6 Å². The Morgan fingerprint density at radius 1 is 1.48 bits per heavy atom. The predicted octanol–water partition coefficient (Wildman–Crippen LogP) is 3.08. The third kappa shape index (κ3) is 5.74. The van der Waals surface area contributed by atoms with Crippen molar-refractivity contribution < 1.29 is 23.1 Å². The number of amides is 1. The smallest absolute Gasteiger partial charge is 0.395 e. The first-order valence-corrected chi connectivity index (χ1v) is 7.37. The molecule has 1 rings (SSSR count). The average Bonchev–Trinajstić information content (AvgIpc) is 2.51. The topological polar surface area (TPSA) is 52.9 Å². The van der Waals surface area contributed by atoms with Crippen LogP contribution in [-0.2, 0) is 11.0 Å². The fourth-order valence-electron chi connectivity index (χ4n) is 2.10. The number of aliphatic imine (C=N–C) groups is 1. The molecule has 1 aromatic rings. The van der Waals surface area contributed by atoms with Gasteiger partial charge in [0.1, 0.15) is 0 Å². The van der Waals surface area contributed by atoms with Crippen LogP contribution in [0, 0.1) is 0 Å². The summed E-state index contributed by atoms with van der Waals surface area (Å²) in [6, 6.07) is 3.80. The van der Waals surface area contributed by atoms with Crippen LogP contribution in [0.1, 0.15) is 30.5 Å². The third-order valence-corrected chi connectivity index (χ3v) is 3.38. The van der Waals surface area contributed by atoms with Gasteiger partial charge in [-0.3, -0.25) is 4.79 Å². The van der Waals surface area contributed by atoms with Gasteiger partial charge in [0, 0.05) is 13.1 Å². The first-order valence-electron chi connectivity index (χ1n) is 6.96. The zero-order chi connectivity index (χ0) is 17.5. The van der Waals surface area contributed by atoms with E-state index in [1.165, 1.54) is 17.0 Å². The van der Waals surface area contributed by atoms with Crippen LogP contribution in [0.2, 0.25) is 0 Å². The molecule has 1 atom stereocenters. The van der Waals surface area contributed by atoms with Crippen LogP contribution >= 0.6 is 12.2 Å². The molecule has 0 aliphatic heterocycles. The van der Waals surface area contributed by atoms with E-state index in [1.807, 2.05) is 0 Å². The number of nitrogens with zero attached hydrogens (tertiary/aromatic N) is 2. The highest BCUT2D eigenvalue weighted by Crippen LogP contribution is 2.32. The lowest BCUT2D eigenvalue weighted by atomic mass is 10.0. The number of rotatable bonds is 7. The highest BCUT2D eigenvalue weighted by Gasteiger charge is 2.31. The molecule has 23 heavy (non-hydrogen) atoms. The molecule has 0 aliphatic rings. The molecule has 0 bridgehead atoms. The van der Waals surface area contributed by atoms with E-state index >= 15 is 0 Å². The average molecular weight is 346 g/mol. The number of likely N-dealkylation sites (N-methyl/N-ethyl adjacent to an activating group) is 1. The highest BCUT2D eigenvalue weighted by molar-refractivity contribution is 7.78. The van der Waals surface area contributed by atoms with Gasteiger partial charge in [-0.05, 0) is 36.8 Å². The van der Waals surface area contributed by atoms with Crippen molar-refractivity contribution >= 4 is 23.3 Å². The number of alkyl halides is 3. The minimum absolute atomic E-state index is 0.140. The Bertz CT molecular complexity index is 586. The van der Waals surface area contributed by atoms with Crippen LogP contribution < -0.4 is 0 Å². The van der Waals surface area contributed by atoms with E-state index in [0.717, 1.165) is 12.1 Å². The largest absolute Gasteiger partial charge is 0.416 e. The molecule has 0 aliphatic carbocycles. The van der Waals surface area contributed by atoms with E-state index in [0.29, 0.717) is 6.54 Å². The van der Waals surface area contributed by atoms with Crippen molar-refractivity contribution in [1.29, 1.82) is 0 Å². The lowest BCUT2D eigenvalue weighted by Crippen LogP contribution is -2.34. The van der Waals surface area contributed by atoms with Crippen LogP contribution in [0.3, 0.4) is 0 Å². The number of halogens is 3. The van der Waals surface area contributed by atoms with E-state index in [4.69, 9.17) is 5.11 Å². The van der Waals surface area contributed by atoms with Gasteiger partial charge in [-0.2, -0.15) is 13.2 Å². The van der Waals surface area contributed by atoms with Crippen molar-refractivity contribution in [1.82, 2.24) is 4.90 Å². The molecule has 0 fully saturated rings. The Labute approximate surface area is 137 Å². The second-order valence-corrected chi connectivity index (χ2v) is 4.94. The standard InChI is InChI=1S/C15H17F3N2O2S/c1-2-20(6-7-21)14(22)9-13(19-10-23)11-4-3-5-12(8-11)15(16,17)18/h3-5,8,13,21H,2,6-7,9H2,1H3. The van der Waals surface area contributed by atoms with Gasteiger partial charge in [0.25, 0.3) is 0 Å². The second-order valence-electron chi connectivity index (χ2n) is 4.76. The predicted molar refractivity (Wildman–Crippen MR) is 83.2 cm³/mol. The molecular weight excluding hydrogens is 329 g/mol. The zero-order valence-electron chi connectivity index (χ0n) is 12.5. The minimum Gasteiger partial charge on any atom is -0.395 e. The molecule has 1 N–H and O–H groups in total. The molecule has 1 amide bonds. The van der Waals surface area contributed by atoms with Gasteiger partial charge >= 0.3 is 6.18 Å². The first kappa shape index (κ1) is 19.3. The van der Waals surface area contributed by atoms with E-state index in [2.05, 4.69) is 22.4 Å². The number of hydrogen-bond donors (Lipinski definition) is 1. The van der Waals surface area contributed by atoms with E-state index in [9.17, 15) is 18.0 Å². The third-order valence-electron chi connectivity index (χ3n) is 3.28. The van der Waals surface area contributed by atoms with E-state index < -0.39 is 17.8 Å². The summed E-state index contributed by atoms with van der Waals surface area (Å²) in [4.78, 5) is 17.4. The summed E-state index contributed by atoms with van der Waals surface area (Å²) in [7, 11) is 0. The fraction of sp³-hybridized carbons (Fsp3) is 0.467. The summed E-state index contributed by atoms with van der Waals surface area (Å²) in [5.74, 6) is -0.321. The van der Waals surface area contributed by atoms with Crippen molar-refractivity contribution in [3.63, 3.8) is 0 Å². The molecule has 4 nitrogen and oxygen atoms in total. The number of aliphatic hydroxyl groups excluding tert-OH is 1. The first-order chi connectivity index (χ1) is 10.8. The monoisotopic (exact) mass is 346 g/mol. The van der Waals surface area contributed by atoms with Gasteiger partial charge in [0.15, 0.2) is 0 Å². The molecule has 8 heteroatoms. The SMILES string of the molecule is CCN(CCO)C(=O)CC(N=C=S)c1cccc(C(F)(F)F)c1. The number of aliphatic hydroxyl groups is 1. The van der Waals surface area contributed by atoms with Crippen molar-refractivity contribution in [3.05, 3.63) is 35.4 Å². The van der Waals surface area contributed by atoms with Gasteiger partial charge in [-0.25, -0.2) is 4.99 Å². The maximum atomic E-state index is 12.8. The lowest BCUT2D eigenvalue weighted by Gasteiger charge is -2.22. The molecule has 126 valence electrons. The maximum absolute atomic E-state index is 12.8. The van der Waals surface area contributed by atoms with Gasteiger partial charge < -0.3 is 10.0 Å².